The van der Waals surface area contributed by atoms with Crippen molar-refractivity contribution in [2.75, 3.05) is 0 Å². The molecule has 0 amide bonds. The van der Waals surface area contributed by atoms with E-state index in [0.717, 1.165) is 49.9 Å². The van der Waals surface area contributed by atoms with Crippen LogP contribution in [0.1, 0.15) is 84.1 Å². The lowest BCUT2D eigenvalue weighted by Gasteiger charge is -2.58. The Kier molecular flexibility index (Phi) is 5.07. The fraction of sp³-hybridized carbons (Fsp3) is 0.846. The van der Waals surface area contributed by atoms with Crippen LogP contribution in [-0.4, -0.2) is 31.2 Å². The van der Waals surface area contributed by atoms with Gasteiger partial charge in [0.05, 0.1) is 23.0 Å². The van der Waals surface area contributed by atoms with Crippen molar-refractivity contribution in [3.8, 4) is 6.07 Å². The highest BCUT2D eigenvalue weighted by Gasteiger charge is 2.64. The normalized spacial score (nSPS) is 47.7. The minimum atomic E-state index is -0.672. The van der Waals surface area contributed by atoms with Gasteiger partial charge in [0.1, 0.15) is 6.07 Å². The van der Waals surface area contributed by atoms with Gasteiger partial charge < -0.3 is 10.2 Å². The zero-order valence-electron chi connectivity index (χ0n) is 19.4. The number of nitriles is 1. The molecular weight excluding hydrogens is 386 g/mol. The van der Waals surface area contributed by atoms with E-state index in [9.17, 15) is 10.2 Å². The van der Waals surface area contributed by atoms with Gasteiger partial charge in [0.25, 0.3) is 0 Å². The smallest absolute Gasteiger partial charge is 0.102 e. The largest absolute Gasteiger partial charge is 0.390 e. The average molecular weight is 426 g/mol. The van der Waals surface area contributed by atoms with E-state index in [0.29, 0.717) is 23.9 Å². The fourth-order valence-corrected chi connectivity index (χ4v) is 8.89. The van der Waals surface area contributed by atoms with E-state index in [-0.39, 0.29) is 11.3 Å². The Labute approximate surface area is 186 Å². The minimum Gasteiger partial charge on any atom is -0.390 e. The lowest BCUT2D eigenvalue weighted by Crippen LogP contribution is -2.56. The Morgan fingerprint density at radius 3 is 2.61 bits per heavy atom. The van der Waals surface area contributed by atoms with Crippen molar-refractivity contribution < 1.29 is 10.2 Å². The third-order valence-corrected chi connectivity index (χ3v) is 10.5. The van der Waals surface area contributed by atoms with Crippen LogP contribution in [0.5, 0.6) is 0 Å². The Bertz CT molecular complexity index is 872. The monoisotopic (exact) mass is 425 g/mol. The molecule has 170 valence electrons. The Balaban J connectivity index is 1.34. The van der Waals surface area contributed by atoms with E-state index in [1.54, 1.807) is 12.4 Å². The molecule has 2 N–H and O–H groups in total. The molecule has 4 saturated carbocycles. The number of hydrogen-bond donors (Lipinski definition) is 2. The summed E-state index contributed by atoms with van der Waals surface area (Å²) < 4.78 is 1.84. The molecule has 4 aliphatic rings. The summed E-state index contributed by atoms with van der Waals surface area (Å²) >= 11 is 0. The lowest BCUT2D eigenvalue weighted by atomic mass is 9.48. The summed E-state index contributed by atoms with van der Waals surface area (Å²) in [6.45, 7) is 7.24. The maximum atomic E-state index is 12.1. The quantitative estimate of drug-likeness (QED) is 0.746. The van der Waals surface area contributed by atoms with Crippen LogP contribution in [-0.2, 0) is 6.54 Å². The third-order valence-electron chi connectivity index (χ3n) is 10.5. The van der Waals surface area contributed by atoms with Crippen molar-refractivity contribution in [3.05, 3.63) is 18.0 Å². The van der Waals surface area contributed by atoms with Gasteiger partial charge in [-0.3, -0.25) is 4.68 Å². The summed E-state index contributed by atoms with van der Waals surface area (Å²) in [6, 6.07) is 2.15. The summed E-state index contributed by atoms with van der Waals surface area (Å²) in [5, 5.41) is 36.1. The van der Waals surface area contributed by atoms with E-state index >= 15 is 0 Å². The van der Waals surface area contributed by atoms with E-state index < -0.39 is 11.2 Å². The van der Waals surface area contributed by atoms with E-state index in [1.807, 2.05) is 11.6 Å². The molecule has 5 heteroatoms. The van der Waals surface area contributed by atoms with Crippen LogP contribution in [0.4, 0.5) is 0 Å². The van der Waals surface area contributed by atoms with E-state index in [2.05, 4.69) is 25.0 Å². The maximum Gasteiger partial charge on any atom is 0.102 e. The number of rotatable bonds is 3. The van der Waals surface area contributed by atoms with Crippen LogP contribution >= 0.6 is 0 Å². The van der Waals surface area contributed by atoms with Crippen molar-refractivity contribution in [1.29, 1.82) is 5.26 Å². The molecule has 0 aromatic carbocycles. The van der Waals surface area contributed by atoms with Gasteiger partial charge in [-0.05, 0) is 99.7 Å². The van der Waals surface area contributed by atoms with Crippen molar-refractivity contribution in [2.24, 2.45) is 40.9 Å². The molecule has 31 heavy (non-hydrogen) atoms. The highest BCUT2D eigenvalue weighted by atomic mass is 16.3. The molecule has 5 rings (SSSR count). The summed E-state index contributed by atoms with van der Waals surface area (Å²) in [6.07, 6.45) is 13.4. The maximum absolute atomic E-state index is 12.1. The van der Waals surface area contributed by atoms with Gasteiger partial charge in [0.15, 0.2) is 0 Å². The molecule has 9 atom stereocenters. The van der Waals surface area contributed by atoms with Gasteiger partial charge in [-0.1, -0.05) is 13.8 Å². The number of hydrogen-bond acceptors (Lipinski definition) is 4. The van der Waals surface area contributed by atoms with Gasteiger partial charge in [-0.15, -0.1) is 0 Å². The van der Waals surface area contributed by atoms with Crippen LogP contribution in [0.2, 0.25) is 0 Å². The molecule has 4 fully saturated rings. The van der Waals surface area contributed by atoms with Crippen LogP contribution in [0.3, 0.4) is 0 Å². The standard InChI is InChI=1S/C26H39N3O2/c1-17(15-29-16-18(13-27)14-28-29)26(31)11-8-23-22-5-4-19-12-24(2,30)9-6-20(19)21(22)7-10-25(23,26)3/h14,16-17,19-23,30-31H,4-12,15H2,1-3H3/t17?,19-,20+,21-,22-,23+,24-,25+,26+/m1/s1. The van der Waals surface area contributed by atoms with Gasteiger partial charge >= 0.3 is 0 Å². The first-order chi connectivity index (χ1) is 14.7. The summed E-state index contributed by atoms with van der Waals surface area (Å²) in [5.41, 5.74) is -0.586. The van der Waals surface area contributed by atoms with Crippen molar-refractivity contribution in [1.82, 2.24) is 9.78 Å². The average Bonchev–Trinajstić information content (AvgIpc) is 3.29. The third kappa shape index (κ3) is 3.28. The lowest BCUT2D eigenvalue weighted by molar-refractivity contribution is -0.160. The Morgan fingerprint density at radius 2 is 1.87 bits per heavy atom. The highest BCUT2D eigenvalue weighted by Crippen LogP contribution is 2.67. The van der Waals surface area contributed by atoms with Crippen LogP contribution < -0.4 is 0 Å². The van der Waals surface area contributed by atoms with Crippen LogP contribution in [0, 0.1) is 52.3 Å². The first kappa shape index (κ1) is 21.5. The first-order valence-electron chi connectivity index (χ1n) is 12.5. The predicted molar refractivity (Wildman–Crippen MR) is 119 cm³/mol. The molecule has 1 heterocycles. The van der Waals surface area contributed by atoms with Crippen molar-refractivity contribution >= 4 is 0 Å². The molecular formula is C26H39N3O2. The number of fused-ring (bicyclic) bond motifs is 5. The molecule has 5 nitrogen and oxygen atoms in total. The minimum absolute atomic E-state index is 0.0359. The first-order valence-corrected chi connectivity index (χ1v) is 12.5. The number of aliphatic hydroxyl groups is 2. The molecule has 1 unspecified atom stereocenters. The van der Waals surface area contributed by atoms with E-state index in [4.69, 9.17) is 5.26 Å². The van der Waals surface area contributed by atoms with Crippen molar-refractivity contribution in [3.63, 3.8) is 0 Å². The van der Waals surface area contributed by atoms with Gasteiger partial charge in [-0.2, -0.15) is 10.4 Å². The van der Waals surface area contributed by atoms with Crippen LogP contribution in [0.15, 0.2) is 12.4 Å². The predicted octanol–water partition coefficient (Wildman–Crippen LogP) is 4.53. The zero-order chi connectivity index (χ0) is 22.0. The Hall–Kier alpha value is -1.38. The zero-order valence-corrected chi connectivity index (χ0v) is 19.4. The van der Waals surface area contributed by atoms with Gasteiger partial charge in [0.2, 0.25) is 0 Å². The molecule has 0 saturated heterocycles. The molecule has 0 bridgehead atoms. The molecule has 0 spiro atoms. The van der Waals surface area contributed by atoms with Gasteiger partial charge in [0, 0.05) is 18.7 Å². The number of nitrogens with zero attached hydrogens (tertiary/aromatic N) is 3. The summed E-state index contributed by atoms with van der Waals surface area (Å²) in [5.74, 6) is 3.71. The summed E-state index contributed by atoms with van der Waals surface area (Å²) in [7, 11) is 0. The Morgan fingerprint density at radius 1 is 1.10 bits per heavy atom. The molecule has 1 aromatic heterocycles. The van der Waals surface area contributed by atoms with Crippen molar-refractivity contribution in [2.45, 2.75) is 96.3 Å². The topological polar surface area (TPSA) is 82.1 Å². The van der Waals surface area contributed by atoms with E-state index in [1.165, 1.54) is 25.7 Å². The fourth-order valence-electron chi connectivity index (χ4n) is 8.89. The second-order valence-corrected chi connectivity index (χ2v) is 12.1. The highest BCUT2D eigenvalue weighted by molar-refractivity contribution is 5.22. The SMILES string of the molecule is CC(Cn1cc(C#N)cn1)[C@@]1(O)CC[C@H]2[C@@H]3CC[C@@H]4C[C@](C)(O)CC[C@@H]4[C@H]3CC[C@@]21C. The molecule has 0 radical (unpaired) electrons. The summed E-state index contributed by atoms with van der Waals surface area (Å²) in [4.78, 5) is 0. The second-order valence-electron chi connectivity index (χ2n) is 12.1. The molecule has 4 aliphatic carbocycles. The van der Waals surface area contributed by atoms with Gasteiger partial charge in [-0.25, -0.2) is 0 Å². The van der Waals surface area contributed by atoms with Crippen LogP contribution in [0.25, 0.3) is 0 Å². The molecule has 0 aliphatic heterocycles. The second kappa shape index (κ2) is 7.32. The molecule has 1 aromatic rings. The number of aromatic nitrogens is 2.